The number of carboxylic acids is 1. The number of allylic oxidation sites excluding steroid dienone is 4. The molecule has 4 N–H and O–H groups in total. The Morgan fingerprint density at radius 2 is 1.48 bits per heavy atom. The summed E-state index contributed by atoms with van der Waals surface area (Å²) in [5, 5.41) is 9.59. The normalized spacial score (nSPS) is 18.4. The van der Waals surface area contributed by atoms with Crippen LogP contribution in [0, 0.1) is 0 Å². The smallest absolute Gasteiger partial charge is 0.335 e. The van der Waals surface area contributed by atoms with Crippen molar-refractivity contribution in [1.29, 1.82) is 0 Å². The van der Waals surface area contributed by atoms with Gasteiger partial charge in [-0.05, 0) is 62.2 Å². The number of hydrogen-bond donors (Lipinski definition) is 4. The van der Waals surface area contributed by atoms with Crippen LogP contribution >= 0.6 is 0 Å². The van der Waals surface area contributed by atoms with Gasteiger partial charge >= 0.3 is 5.97 Å². The lowest BCUT2D eigenvalue weighted by Gasteiger charge is -2.27. The molecule has 46 heavy (non-hydrogen) atoms. The fraction of sp³-hybridized carbons (Fsp3) is 0.400. The fourth-order valence-electron chi connectivity index (χ4n) is 6.15. The number of nitrogens with zero attached hydrogens (tertiary/aromatic N) is 2. The highest BCUT2D eigenvalue weighted by atomic mass is 32.2. The molecule has 0 amide bonds. The number of rotatable bonds is 12. The van der Waals surface area contributed by atoms with Crippen LogP contribution in [0.5, 0.6) is 0 Å². The van der Waals surface area contributed by atoms with Crippen molar-refractivity contribution in [3.8, 4) is 0 Å². The second-order valence-corrected chi connectivity index (χ2v) is 16.9. The molecule has 2 aromatic carbocycles. The predicted octanol–water partition coefficient (Wildman–Crippen LogP) is 3.80. The standard InChI is InChI=1S/C30H36N2O11S3/c1-29(2)22-18-20(28(33)34)10-12-24(22)31(14-6-16-44(35,36)37)26(29)8-5-9-27-30(3,4)23-19-21(46(41,42)43)11-13-25(23)32(27)15-7-17-45(38,39)40/h5,8-13,18-19H,6-7,14-17H2,1-4H3,(H3-,33,34,35,36,37,38,39,40,41,42,43)/p+1. The predicted molar refractivity (Wildman–Crippen MR) is 172 cm³/mol. The van der Waals surface area contributed by atoms with Gasteiger partial charge in [-0.15, -0.1) is 0 Å². The Bertz CT molecular complexity index is 2010. The largest absolute Gasteiger partial charge is 0.478 e. The Morgan fingerprint density at radius 1 is 0.848 bits per heavy atom. The van der Waals surface area contributed by atoms with Gasteiger partial charge in [0.1, 0.15) is 6.54 Å². The van der Waals surface area contributed by atoms with Crippen LogP contribution in [0.15, 0.2) is 65.2 Å². The molecule has 0 fully saturated rings. The zero-order valence-electron chi connectivity index (χ0n) is 25.7. The lowest BCUT2D eigenvalue weighted by atomic mass is 9.81. The summed E-state index contributed by atoms with van der Waals surface area (Å²) < 4.78 is 99.6. The Hall–Kier alpha value is -3.41. The first-order valence-corrected chi connectivity index (χ1v) is 18.9. The van der Waals surface area contributed by atoms with Crippen molar-refractivity contribution in [3.05, 3.63) is 77.0 Å². The van der Waals surface area contributed by atoms with Gasteiger partial charge in [-0.25, -0.2) is 4.79 Å². The van der Waals surface area contributed by atoms with Crippen LogP contribution in [-0.4, -0.2) is 84.9 Å². The van der Waals surface area contributed by atoms with Gasteiger partial charge in [0.25, 0.3) is 30.4 Å². The van der Waals surface area contributed by atoms with Crippen LogP contribution in [0.2, 0.25) is 0 Å². The quantitative estimate of drug-likeness (QED) is 0.185. The van der Waals surface area contributed by atoms with Crippen LogP contribution in [-0.2, 0) is 41.2 Å². The highest BCUT2D eigenvalue weighted by Crippen LogP contribution is 2.48. The van der Waals surface area contributed by atoms with Gasteiger partial charge in [0.2, 0.25) is 5.69 Å². The Balaban J connectivity index is 1.81. The van der Waals surface area contributed by atoms with Gasteiger partial charge in [0, 0.05) is 47.5 Å². The Morgan fingerprint density at radius 3 is 2.07 bits per heavy atom. The zero-order chi connectivity index (χ0) is 34.5. The molecule has 2 aliphatic rings. The molecule has 0 spiro atoms. The van der Waals surface area contributed by atoms with Gasteiger partial charge in [-0.2, -0.15) is 29.8 Å². The van der Waals surface area contributed by atoms with Gasteiger partial charge in [0.05, 0.1) is 27.4 Å². The number of hydrogen-bond acceptors (Lipinski definition) is 8. The molecule has 0 radical (unpaired) electrons. The zero-order valence-corrected chi connectivity index (χ0v) is 28.2. The third kappa shape index (κ3) is 7.42. The highest BCUT2D eigenvalue weighted by molar-refractivity contribution is 7.86. The van der Waals surface area contributed by atoms with Crippen LogP contribution in [0.1, 0.15) is 62.0 Å². The summed E-state index contributed by atoms with van der Waals surface area (Å²) in [7, 11) is -13.0. The molecule has 0 aromatic heterocycles. The molecule has 0 aliphatic carbocycles. The van der Waals surface area contributed by atoms with E-state index < -0.39 is 58.7 Å². The van der Waals surface area contributed by atoms with E-state index in [0.29, 0.717) is 28.2 Å². The summed E-state index contributed by atoms with van der Waals surface area (Å²) in [4.78, 5) is 13.3. The van der Waals surface area contributed by atoms with Gasteiger partial charge in [0.15, 0.2) is 5.71 Å². The van der Waals surface area contributed by atoms with E-state index >= 15 is 0 Å². The number of fused-ring (bicyclic) bond motifs is 2. The molecule has 0 saturated carbocycles. The van der Waals surface area contributed by atoms with E-state index in [9.17, 15) is 48.8 Å². The minimum absolute atomic E-state index is 0.0582. The summed E-state index contributed by atoms with van der Waals surface area (Å²) in [5.74, 6) is -2.06. The van der Waals surface area contributed by atoms with E-state index in [1.807, 2.05) is 37.2 Å². The number of aromatic carboxylic acids is 1. The molecule has 4 rings (SSSR count). The summed E-state index contributed by atoms with van der Waals surface area (Å²) in [6.07, 6.45) is 5.49. The minimum Gasteiger partial charge on any atom is -0.478 e. The van der Waals surface area contributed by atoms with Crippen molar-refractivity contribution in [2.45, 2.75) is 56.3 Å². The van der Waals surface area contributed by atoms with Crippen LogP contribution in [0.4, 0.5) is 11.4 Å². The fourth-order valence-corrected chi connectivity index (χ4v) is 7.64. The maximum Gasteiger partial charge on any atom is 0.335 e. The molecule has 13 nitrogen and oxygen atoms in total. The Kier molecular flexibility index (Phi) is 9.49. The molecule has 16 heteroatoms. The van der Waals surface area contributed by atoms with Crippen LogP contribution in [0.3, 0.4) is 0 Å². The summed E-state index contributed by atoms with van der Waals surface area (Å²) >= 11 is 0. The van der Waals surface area contributed by atoms with E-state index in [1.165, 1.54) is 24.3 Å². The van der Waals surface area contributed by atoms with Gasteiger partial charge in [-0.1, -0.05) is 19.9 Å². The molecule has 2 aliphatic heterocycles. The van der Waals surface area contributed by atoms with Crippen molar-refractivity contribution in [2.75, 3.05) is 29.5 Å². The maximum absolute atomic E-state index is 11.9. The lowest BCUT2D eigenvalue weighted by molar-refractivity contribution is -0.437. The van der Waals surface area contributed by atoms with E-state index in [0.717, 1.165) is 5.70 Å². The van der Waals surface area contributed by atoms with Crippen molar-refractivity contribution < 1.29 is 53.4 Å². The lowest BCUT2D eigenvalue weighted by Crippen LogP contribution is -2.29. The summed E-state index contributed by atoms with van der Waals surface area (Å²) in [5.41, 5.74) is 2.52. The second-order valence-electron chi connectivity index (χ2n) is 12.3. The highest BCUT2D eigenvalue weighted by Gasteiger charge is 2.45. The number of benzene rings is 2. The average molecular weight is 698 g/mol. The third-order valence-electron chi connectivity index (χ3n) is 8.38. The van der Waals surface area contributed by atoms with Crippen molar-refractivity contribution >= 4 is 53.4 Å². The summed E-state index contributed by atoms with van der Waals surface area (Å²) in [6, 6.07) is 8.85. The Labute approximate surface area is 268 Å². The van der Waals surface area contributed by atoms with Crippen LogP contribution in [0.25, 0.3) is 0 Å². The van der Waals surface area contributed by atoms with E-state index in [4.69, 9.17) is 0 Å². The molecule has 0 atom stereocenters. The molecule has 2 heterocycles. The molecule has 250 valence electrons. The second kappa shape index (κ2) is 12.3. The molecule has 2 aromatic rings. The molecular formula is C30H37N2O11S3+. The number of carboxylic acid groups (broad SMARTS) is 1. The van der Waals surface area contributed by atoms with E-state index in [2.05, 4.69) is 0 Å². The van der Waals surface area contributed by atoms with Crippen molar-refractivity contribution in [1.82, 2.24) is 0 Å². The first kappa shape index (κ1) is 35.4. The average Bonchev–Trinajstić information content (AvgIpc) is 3.25. The number of carbonyl (C=O) groups is 1. The topological polar surface area (TPSA) is 207 Å². The van der Waals surface area contributed by atoms with Crippen molar-refractivity contribution in [3.63, 3.8) is 0 Å². The monoisotopic (exact) mass is 697 g/mol. The SMILES string of the molecule is CC1(C)C(/C=C/C=C2/N(CCCS(=O)(=O)O)c3ccc(C(=O)O)cc3C2(C)C)=[N+](CCCS(=O)(=O)O)c2ccc(S(=O)(=O)O)cc21. The summed E-state index contributed by atoms with van der Waals surface area (Å²) in [6.45, 7) is 7.87. The van der Waals surface area contributed by atoms with Crippen LogP contribution < -0.4 is 4.90 Å². The maximum atomic E-state index is 11.9. The van der Waals surface area contributed by atoms with Crippen molar-refractivity contribution in [2.24, 2.45) is 0 Å². The van der Waals surface area contributed by atoms with E-state index in [1.54, 1.807) is 30.4 Å². The van der Waals surface area contributed by atoms with Gasteiger partial charge in [-0.3, -0.25) is 13.7 Å². The molecule has 0 bridgehead atoms. The first-order valence-electron chi connectivity index (χ1n) is 14.3. The van der Waals surface area contributed by atoms with E-state index in [-0.39, 0.29) is 36.4 Å². The molecule has 0 unspecified atom stereocenters. The number of anilines is 1. The molecule has 0 saturated heterocycles. The first-order chi connectivity index (χ1) is 21.0. The van der Waals surface area contributed by atoms with Gasteiger partial charge < -0.3 is 10.0 Å². The molecular weight excluding hydrogens is 661 g/mol. The third-order valence-corrected chi connectivity index (χ3v) is 10.8. The minimum atomic E-state index is -4.51.